The molecule has 7 nitrogen and oxygen atoms in total. The zero-order valence-electron chi connectivity index (χ0n) is 12.9. The average Bonchev–Trinajstić information content (AvgIpc) is 3.18. The Balaban J connectivity index is 1.72. The van der Waals surface area contributed by atoms with Gasteiger partial charge in [-0.3, -0.25) is 14.7 Å². The number of carbonyl (C=O) groups is 1. The van der Waals surface area contributed by atoms with Crippen LogP contribution in [0.1, 0.15) is 24.1 Å². The molecule has 0 aliphatic carbocycles. The Hall–Kier alpha value is -2.41. The molecule has 0 aromatic carbocycles. The minimum absolute atomic E-state index is 0.0594. The molecule has 23 heavy (non-hydrogen) atoms. The quantitative estimate of drug-likeness (QED) is 0.850. The van der Waals surface area contributed by atoms with Crippen molar-refractivity contribution in [1.82, 2.24) is 19.9 Å². The van der Waals surface area contributed by atoms with E-state index < -0.39 is 0 Å². The molecule has 2 aromatic heterocycles. The van der Waals surface area contributed by atoms with Gasteiger partial charge in [-0.05, 0) is 19.8 Å². The summed E-state index contributed by atoms with van der Waals surface area (Å²) in [6, 6.07) is 0. The number of carbonyl (C=O) groups excluding carboxylic acids is 1. The summed E-state index contributed by atoms with van der Waals surface area (Å²) in [4.78, 5) is 31.5. The number of anilines is 1. The summed E-state index contributed by atoms with van der Waals surface area (Å²) in [5.41, 5.74) is 2.33. The Bertz CT molecular complexity index is 744. The van der Waals surface area contributed by atoms with Gasteiger partial charge in [-0.15, -0.1) is 0 Å². The zero-order chi connectivity index (χ0) is 15.8. The van der Waals surface area contributed by atoms with Crippen LogP contribution in [0, 0.1) is 6.92 Å². The largest absolute Gasteiger partial charge is 0.376 e. The number of ether oxygens (including phenoxy) is 1. The number of nitrogens with zero attached hydrogens (tertiary/aromatic N) is 5. The molecule has 1 fully saturated rings. The van der Waals surface area contributed by atoms with E-state index in [0.717, 1.165) is 30.7 Å². The minimum Gasteiger partial charge on any atom is -0.376 e. The van der Waals surface area contributed by atoms with Crippen molar-refractivity contribution >= 4 is 11.7 Å². The molecule has 0 radical (unpaired) electrons. The van der Waals surface area contributed by atoms with Crippen LogP contribution in [0.3, 0.4) is 0 Å². The zero-order valence-corrected chi connectivity index (χ0v) is 12.9. The first-order valence-electron chi connectivity index (χ1n) is 7.78. The van der Waals surface area contributed by atoms with E-state index in [-0.39, 0.29) is 12.0 Å². The van der Waals surface area contributed by atoms with Gasteiger partial charge in [0.15, 0.2) is 5.82 Å². The lowest BCUT2D eigenvalue weighted by Crippen LogP contribution is -2.35. The Kier molecular flexibility index (Phi) is 3.49. The van der Waals surface area contributed by atoms with Crippen LogP contribution in [0.25, 0.3) is 11.5 Å². The number of hydrogen-bond donors (Lipinski definition) is 0. The summed E-state index contributed by atoms with van der Waals surface area (Å²) in [5.74, 6) is 1.25. The predicted octanol–water partition coefficient (Wildman–Crippen LogP) is 1.31. The molecule has 1 atom stereocenters. The first-order valence-corrected chi connectivity index (χ1v) is 7.78. The molecule has 1 unspecified atom stereocenters. The van der Waals surface area contributed by atoms with Gasteiger partial charge in [0.05, 0.1) is 25.3 Å². The van der Waals surface area contributed by atoms with E-state index in [2.05, 4.69) is 19.9 Å². The maximum Gasteiger partial charge on any atom is 0.232 e. The van der Waals surface area contributed by atoms with E-state index in [1.165, 1.54) is 0 Å². The molecule has 0 N–H and O–H groups in total. The average molecular weight is 311 g/mol. The van der Waals surface area contributed by atoms with Crippen molar-refractivity contribution < 1.29 is 9.53 Å². The number of hydrogen-bond acceptors (Lipinski definition) is 6. The fourth-order valence-corrected chi connectivity index (χ4v) is 3.09. The second kappa shape index (κ2) is 5.66. The number of aromatic nitrogens is 4. The third-order valence-corrected chi connectivity index (χ3v) is 4.28. The summed E-state index contributed by atoms with van der Waals surface area (Å²) in [6.07, 6.45) is 7.33. The monoisotopic (exact) mass is 311 g/mol. The van der Waals surface area contributed by atoms with E-state index in [9.17, 15) is 4.79 Å². The molecular formula is C16H17N5O2. The van der Waals surface area contributed by atoms with Gasteiger partial charge < -0.3 is 4.74 Å². The summed E-state index contributed by atoms with van der Waals surface area (Å²) < 4.78 is 5.66. The minimum atomic E-state index is 0.0594. The fourth-order valence-electron chi connectivity index (χ4n) is 3.09. The number of rotatable bonds is 3. The summed E-state index contributed by atoms with van der Waals surface area (Å²) in [6.45, 7) is 3.23. The first-order chi connectivity index (χ1) is 11.2. The van der Waals surface area contributed by atoms with Crippen LogP contribution in [0.4, 0.5) is 5.82 Å². The van der Waals surface area contributed by atoms with E-state index in [0.29, 0.717) is 30.3 Å². The van der Waals surface area contributed by atoms with Crippen molar-refractivity contribution in [2.24, 2.45) is 0 Å². The topological polar surface area (TPSA) is 81.1 Å². The molecule has 1 saturated heterocycles. The van der Waals surface area contributed by atoms with Crippen molar-refractivity contribution in [3.63, 3.8) is 0 Å². The molecule has 7 heteroatoms. The Morgan fingerprint density at radius 3 is 3.00 bits per heavy atom. The molecule has 4 heterocycles. The molecule has 2 aliphatic rings. The first kappa shape index (κ1) is 14.2. The summed E-state index contributed by atoms with van der Waals surface area (Å²) >= 11 is 0. The van der Waals surface area contributed by atoms with Crippen LogP contribution in [0.5, 0.6) is 0 Å². The van der Waals surface area contributed by atoms with E-state index in [1.54, 1.807) is 23.5 Å². The maximum atomic E-state index is 12.4. The Labute approximate surface area is 133 Å². The van der Waals surface area contributed by atoms with Gasteiger partial charge in [-0.2, -0.15) is 0 Å². The highest BCUT2D eigenvalue weighted by Crippen LogP contribution is 2.31. The lowest BCUT2D eigenvalue weighted by molar-refractivity contribution is -0.117. The molecule has 0 spiro atoms. The smallest absolute Gasteiger partial charge is 0.232 e. The third kappa shape index (κ3) is 2.57. The van der Waals surface area contributed by atoms with Gasteiger partial charge in [0.25, 0.3) is 0 Å². The summed E-state index contributed by atoms with van der Waals surface area (Å²) in [5, 5.41) is 0. The second-order valence-corrected chi connectivity index (χ2v) is 5.84. The van der Waals surface area contributed by atoms with Crippen molar-refractivity contribution in [3.8, 4) is 11.5 Å². The molecule has 2 aliphatic heterocycles. The number of fused-ring (bicyclic) bond motifs is 1. The molecule has 118 valence electrons. The predicted molar refractivity (Wildman–Crippen MR) is 82.8 cm³/mol. The van der Waals surface area contributed by atoms with Crippen LogP contribution >= 0.6 is 0 Å². The number of aryl methyl sites for hydroxylation is 1. The highest BCUT2D eigenvalue weighted by atomic mass is 16.5. The van der Waals surface area contributed by atoms with Crippen LogP contribution in [-0.4, -0.2) is 45.1 Å². The fraction of sp³-hybridized carbons (Fsp3) is 0.438. The summed E-state index contributed by atoms with van der Waals surface area (Å²) in [7, 11) is 0. The SMILES string of the molecule is Cc1nc(-c2cnccn2)nc2c1CC(=O)N2CC1CCCO1. The van der Waals surface area contributed by atoms with Gasteiger partial charge in [-0.1, -0.05) is 0 Å². The van der Waals surface area contributed by atoms with Crippen molar-refractivity contribution in [2.45, 2.75) is 32.3 Å². The standard InChI is InChI=1S/C16H17N5O2/c1-10-12-7-14(22)21(9-11-3-2-6-23-11)16(12)20-15(19-10)13-8-17-4-5-18-13/h4-5,8,11H,2-3,6-7,9H2,1H3. The lowest BCUT2D eigenvalue weighted by Gasteiger charge is -2.20. The normalized spacial score (nSPS) is 20.1. The molecular weight excluding hydrogens is 294 g/mol. The van der Waals surface area contributed by atoms with Crippen molar-refractivity contribution in [3.05, 3.63) is 29.8 Å². The highest BCUT2D eigenvalue weighted by molar-refractivity contribution is 6.00. The van der Waals surface area contributed by atoms with Gasteiger partial charge >= 0.3 is 0 Å². The third-order valence-electron chi connectivity index (χ3n) is 4.28. The van der Waals surface area contributed by atoms with Crippen molar-refractivity contribution in [2.75, 3.05) is 18.1 Å². The van der Waals surface area contributed by atoms with Gasteiger partial charge in [0, 0.05) is 30.3 Å². The molecule has 2 aromatic rings. The maximum absolute atomic E-state index is 12.4. The van der Waals surface area contributed by atoms with Crippen LogP contribution in [0.2, 0.25) is 0 Å². The van der Waals surface area contributed by atoms with Crippen LogP contribution in [-0.2, 0) is 16.0 Å². The van der Waals surface area contributed by atoms with Crippen LogP contribution in [0.15, 0.2) is 18.6 Å². The molecule has 4 rings (SSSR count). The Morgan fingerprint density at radius 2 is 2.26 bits per heavy atom. The van der Waals surface area contributed by atoms with Crippen molar-refractivity contribution in [1.29, 1.82) is 0 Å². The van der Waals surface area contributed by atoms with E-state index in [1.807, 2.05) is 6.92 Å². The van der Waals surface area contributed by atoms with Gasteiger partial charge in [-0.25, -0.2) is 15.0 Å². The van der Waals surface area contributed by atoms with E-state index in [4.69, 9.17) is 4.74 Å². The van der Waals surface area contributed by atoms with Gasteiger partial charge in [0.1, 0.15) is 11.5 Å². The van der Waals surface area contributed by atoms with Gasteiger partial charge in [0.2, 0.25) is 5.91 Å². The molecule has 0 saturated carbocycles. The second-order valence-electron chi connectivity index (χ2n) is 5.84. The lowest BCUT2D eigenvalue weighted by atomic mass is 10.2. The Morgan fingerprint density at radius 1 is 1.35 bits per heavy atom. The number of amides is 1. The van der Waals surface area contributed by atoms with Crippen LogP contribution < -0.4 is 4.90 Å². The molecule has 0 bridgehead atoms. The molecule has 1 amide bonds. The highest BCUT2D eigenvalue weighted by Gasteiger charge is 2.34. The van der Waals surface area contributed by atoms with E-state index >= 15 is 0 Å².